The van der Waals surface area contributed by atoms with Gasteiger partial charge in [-0.25, -0.2) is 4.98 Å². The predicted octanol–water partition coefficient (Wildman–Crippen LogP) is 2.74. The van der Waals surface area contributed by atoms with Gasteiger partial charge in [0.1, 0.15) is 11.9 Å². The maximum Gasteiger partial charge on any atom is 0.349 e. The lowest BCUT2D eigenvalue weighted by Gasteiger charge is -2.04. The van der Waals surface area contributed by atoms with Crippen molar-refractivity contribution >= 4 is 23.0 Å². The van der Waals surface area contributed by atoms with Crippen molar-refractivity contribution in [3.63, 3.8) is 0 Å². The highest BCUT2D eigenvalue weighted by Crippen LogP contribution is 2.30. The van der Waals surface area contributed by atoms with Gasteiger partial charge >= 0.3 is 11.6 Å². The quantitative estimate of drug-likeness (QED) is 0.483. The molecule has 0 aliphatic carbocycles. The van der Waals surface area contributed by atoms with E-state index in [-0.39, 0.29) is 16.7 Å². The molecule has 0 saturated heterocycles. The van der Waals surface area contributed by atoms with Crippen molar-refractivity contribution in [3.05, 3.63) is 56.0 Å². The first-order valence-electron chi connectivity index (χ1n) is 5.06. The molecular weight excluding hydrogens is 292 g/mol. The van der Waals surface area contributed by atoms with Gasteiger partial charge in [0, 0.05) is 6.07 Å². The minimum absolute atomic E-state index is 0.0251. The molecule has 102 valence electrons. The normalized spacial score (nSPS) is 10.1. The minimum Gasteiger partial charge on any atom is -0.433 e. The summed E-state index contributed by atoms with van der Waals surface area (Å²) in [7, 11) is 0. The molecule has 0 aliphatic rings. The Morgan fingerprint density at radius 3 is 2.60 bits per heavy atom. The monoisotopic (exact) mass is 296 g/mol. The summed E-state index contributed by atoms with van der Waals surface area (Å²) in [6, 6.07) is 5.14. The van der Waals surface area contributed by atoms with Gasteiger partial charge in [0.05, 0.1) is 15.9 Å². The van der Waals surface area contributed by atoms with Gasteiger partial charge in [-0.3, -0.25) is 20.2 Å². The molecule has 20 heavy (non-hydrogen) atoms. The fourth-order valence-electron chi connectivity index (χ4n) is 1.31. The van der Waals surface area contributed by atoms with Crippen molar-refractivity contribution in [1.82, 2.24) is 9.97 Å². The maximum absolute atomic E-state index is 10.8. The second kappa shape index (κ2) is 5.45. The molecule has 10 heteroatoms. The smallest absolute Gasteiger partial charge is 0.349 e. The predicted molar refractivity (Wildman–Crippen MR) is 66.9 cm³/mol. The standard InChI is InChI=1S/C10H5ClN4O5/c11-10-12-5-8(15(18)19)9(13-10)20-7-3-1-2-6(4-7)14(16)17/h1-5H. The zero-order chi connectivity index (χ0) is 14.7. The highest BCUT2D eigenvalue weighted by molar-refractivity contribution is 6.28. The molecule has 1 aromatic heterocycles. The molecule has 0 unspecified atom stereocenters. The largest absolute Gasteiger partial charge is 0.433 e. The Morgan fingerprint density at radius 2 is 1.95 bits per heavy atom. The number of hydrogen-bond acceptors (Lipinski definition) is 7. The number of nitro groups is 2. The molecule has 0 amide bonds. The summed E-state index contributed by atoms with van der Waals surface area (Å²) in [4.78, 5) is 27.1. The highest BCUT2D eigenvalue weighted by Gasteiger charge is 2.20. The summed E-state index contributed by atoms with van der Waals surface area (Å²) < 4.78 is 5.16. The number of halogens is 1. The van der Waals surface area contributed by atoms with Gasteiger partial charge in [0.2, 0.25) is 5.28 Å². The van der Waals surface area contributed by atoms with Gasteiger partial charge in [-0.05, 0) is 17.7 Å². The van der Waals surface area contributed by atoms with Gasteiger partial charge in [0.15, 0.2) is 0 Å². The summed E-state index contributed by atoms with van der Waals surface area (Å²) in [6.45, 7) is 0. The van der Waals surface area contributed by atoms with E-state index in [0.29, 0.717) is 0 Å². The zero-order valence-corrected chi connectivity index (χ0v) is 10.4. The van der Waals surface area contributed by atoms with E-state index >= 15 is 0 Å². The van der Waals surface area contributed by atoms with E-state index in [1.54, 1.807) is 0 Å². The molecule has 0 atom stereocenters. The Kier molecular flexibility index (Phi) is 3.71. The summed E-state index contributed by atoms with van der Waals surface area (Å²) in [5, 5.41) is 21.2. The molecule has 0 radical (unpaired) electrons. The van der Waals surface area contributed by atoms with Crippen LogP contribution in [0.3, 0.4) is 0 Å². The number of rotatable bonds is 4. The van der Waals surface area contributed by atoms with Crippen molar-refractivity contribution < 1.29 is 14.6 Å². The highest BCUT2D eigenvalue weighted by atomic mass is 35.5. The first kappa shape index (κ1) is 13.6. The third kappa shape index (κ3) is 2.95. The van der Waals surface area contributed by atoms with Crippen molar-refractivity contribution in [2.45, 2.75) is 0 Å². The molecule has 2 aromatic rings. The lowest BCUT2D eigenvalue weighted by molar-refractivity contribution is -0.386. The number of benzene rings is 1. The minimum atomic E-state index is -0.747. The molecule has 9 nitrogen and oxygen atoms in total. The Hall–Kier alpha value is -2.81. The number of nitrogens with zero attached hydrogens (tertiary/aromatic N) is 4. The van der Waals surface area contributed by atoms with Crippen LogP contribution in [-0.4, -0.2) is 19.8 Å². The van der Waals surface area contributed by atoms with Crippen molar-refractivity contribution in [2.24, 2.45) is 0 Å². The van der Waals surface area contributed by atoms with Crippen LogP contribution >= 0.6 is 11.6 Å². The summed E-state index contributed by atoms with van der Waals surface area (Å²) in [5.74, 6) is -0.368. The van der Waals surface area contributed by atoms with Crippen LogP contribution < -0.4 is 4.74 Å². The SMILES string of the molecule is O=[N+]([O-])c1cccc(Oc2nc(Cl)ncc2[N+](=O)[O-])c1. The Bertz CT molecular complexity index is 693. The van der Waals surface area contributed by atoms with Gasteiger partial charge < -0.3 is 4.74 Å². The van der Waals surface area contributed by atoms with Crippen molar-refractivity contribution in [3.8, 4) is 11.6 Å². The van der Waals surface area contributed by atoms with Gasteiger partial charge in [-0.15, -0.1) is 0 Å². The molecule has 0 N–H and O–H groups in total. The molecule has 2 rings (SSSR count). The van der Waals surface area contributed by atoms with E-state index in [1.165, 1.54) is 18.2 Å². The summed E-state index contributed by atoms with van der Waals surface area (Å²) >= 11 is 5.54. The first-order chi connectivity index (χ1) is 9.47. The van der Waals surface area contributed by atoms with Crippen LogP contribution in [0.5, 0.6) is 11.6 Å². The van der Waals surface area contributed by atoms with E-state index in [2.05, 4.69) is 9.97 Å². The third-order valence-electron chi connectivity index (χ3n) is 2.15. The maximum atomic E-state index is 10.8. The molecule has 0 fully saturated rings. The van der Waals surface area contributed by atoms with Crippen LogP contribution in [0.15, 0.2) is 30.5 Å². The molecule has 0 spiro atoms. The van der Waals surface area contributed by atoms with Crippen LogP contribution in [0.4, 0.5) is 11.4 Å². The summed E-state index contributed by atoms with van der Waals surface area (Å²) in [6.07, 6.45) is 0.891. The number of non-ortho nitro benzene ring substituents is 1. The Morgan fingerprint density at radius 1 is 1.20 bits per heavy atom. The fourth-order valence-corrected chi connectivity index (χ4v) is 1.44. The fraction of sp³-hybridized carbons (Fsp3) is 0. The number of hydrogen-bond donors (Lipinski definition) is 0. The van der Waals surface area contributed by atoms with Gasteiger partial charge in [0.25, 0.3) is 5.69 Å². The average molecular weight is 297 g/mol. The molecular formula is C10H5ClN4O5. The molecule has 1 aromatic carbocycles. The van der Waals surface area contributed by atoms with E-state index in [9.17, 15) is 20.2 Å². The van der Waals surface area contributed by atoms with E-state index < -0.39 is 21.4 Å². The van der Waals surface area contributed by atoms with Crippen LogP contribution in [0.2, 0.25) is 5.28 Å². The average Bonchev–Trinajstić information content (AvgIpc) is 2.38. The zero-order valence-electron chi connectivity index (χ0n) is 9.59. The molecule has 0 aliphatic heterocycles. The second-order valence-corrected chi connectivity index (χ2v) is 3.78. The number of nitro benzene ring substituents is 1. The van der Waals surface area contributed by atoms with E-state index in [1.807, 2.05) is 0 Å². The van der Waals surface area contributed by atoms with Crippen molar-refractivity contribution in [2.75, 3.05) is 0 Å². The van der Waals surface area contributed by atoms with Crippen LogP contribution in [-0.2, 0) is 0 Å². The summed E-state index contributed by atoms with van der Waals surface area (Å²) in [5.41, 5.74) is -0.716. The van der Waals surface area contributed by atoms with Crippen LogP contribution in [0, 0.1) is 20.2 Å². The topological polar surface area (TPSA) is 121 Å². The second-order valence-electron chi connectivity index (χ2n) is 3.44. The van der Waals surface area contributed by atoms with Gasteiger partial charge in [-0.1, -0.05) is 6.07 Å². The number of ether oxygens (including phenoxy) is 1. The lowest BCUT2D eigenvalue weighted by Crippen LogP contribution is -1.98. The number of aromatic nitrogens is 2. The molecule has 0 bridgehead atoms. The van der Waals surface area contributed by atoms with Crippen LogP contribution in [0.25, 0.3) is 0 Å². The van der Waals surface area contributed by atoms with Gasteiger partial charge in [-0.2, -0.15) is 4.98 Å². The van der Waals surface area contributed by atoms with Crippen molar-refractivity contribution in [1.29, 1.82) is 0 Å². The molecule has 1 heterocycles. The first-order valence-corrected chi connectivity index (χ1v) is 5.44. The molecule has 0 saturated carbocycles. The van der Waals surface area contributed by atoms with E-state index in [0.717, 1.165) is 12.3 Å². The third-order valence-corrected chi connectivity index (χ3v) is 2.33. The Balaban J connectivity index is 2.39. The van der Waals surface area contributed by atoms with Crippen LogP contribution in [0.1, 0.15) is 0 Å². The van der Waals surface area contributed by atoms with E-state index in [4.69, 9.17) is 16.3 Å². The lowest BCUT2D eigenvalue weighted by atomic mass is 10.3. The Labute approximate surface area is 116 Å².